The molecule has 0 spiro atoms. The summed E-state index contributed by atoms with van der Waals surface area (Å²) in [4.78, 5) is 14.2. The van der Waals surface area contributed by atoms with Gasteiger partial charge in [0.05, 0.1) is 10.6 Å². The summed E-state index contributed by atoms with van der Waals surface area (Å²) in [5.74, 6) is 0.286. The third-order valence-corrected chi connectivity index (χ3v) is 8.45. The second-order valence-corrected chi connectivity index (χ2v) is 11.6. The van der Waals surface area contributed by atoms with Gasteiger partial charge in [-0.3, -0.25) is 9.10 Å². The minimum Gasteiger partial charge on any atom is -0.325 e. The maximum absolute atomic E-state index is 13.4. The smallest absolute Gasteiger partial charge is 0.264 e. The highest BCUT2D eigenvalue weighted by molar-refractivity contribution is 7.98. The molecule has 0 radical (unpaired) electrons. The quantitative estimate of drug-likeness (QED) is 0.223. The van der Waals surface area contributed by atoms with Crippen LogP contribution in [0.5, 0.6) is 0 Å². The number of nitrogens with zero attached hydrogens (tertiary/aromatic N) is 1. The zero-order valence-corrected chi connectivity index (χ0v) is 22.1. The lowest BCUT2D eigenvalue weighted by Crippen LogP contribution is -2.38. The van der Waals surface area contributed by atoms with Gasteiger partial charge in [0.1, 0.15) is 6.54 Å². The van der Waals surface area contributed by atoms with Crippen LogP contribution in [0, 0.1) is 0 Å². The summed E-state index contributed by atoms with van der Waals surface area (Å²) in [5.41, 5.74) is 1.86. The molecule has 0 aliphatic rings. The van der Waals surface area contributed by atoms with E-state index in [1.807, 2.05) is 30.3 Å². The second-order valence-electron chi connectivity index (χ2n) is 7.80. The molecule has 4 aromatic rings. The van der Waals surface area contributed by atoms with Gasteiger partial charge in [-0.05, 0) is 60.2 Å². The summed E-state index contributed by atoms with van der Waals surface area (Å²) in [6, 6.07) is 29.9. The van der Waals surface area contributed by atoms with Crippen LogP contribution in [0.2, 0.25) is 10.0 Å². The molecule has 1 N–H and O–H groups in total. The largest absolute Gasteiger partial charge is 0.325 e. The number of hydrogen-bond donors (Lipinski definition) is 1. The van der Waals surface area contributed by atoms with Gasteiger partial charge in [0.25, 0.3) is 10.0 Å². The SMILES string of the molecule is O=C(CN(c1cc(Cl)cc(Cl)c1)S(=O)(=O)c1ccccc1)Nc1ccc(CSc2ccccc2)cc1. The molecule has 0 saturated carbocycles. The number of halogens is 2. The van der Waals surface area contributed by atoms with Crippen molar-refractivity contribution in [3.05, 3.63) is 119 Å². The monoisotopic (exact) mass is 556 g/mol. The van der Waals surface area contributed by atoms with Crippen molar-refractivity contribution < 1.29 is 13.2 Å². The highest BCUT2D eigenvalue weighted by Gasteiger charge is 2.27. The Morgan fingerprint density at radius 3 is 2.00 bits per heavy atom. The van der Waals surface area contributed by atoms with E-state index in [1.165, 1.54) is 35.2 Å². The Bertz CT molecular complexity index is 1410. The van der Waals surface area contributed by atoms with Gasteiger partial charge in [-0.15, -0.1) is 11.8 Å². The van der Waals surface area contributed by atoms with E-state index in [4.69, 9.17) is 23.2 Å². The van der Waals surface area contributed by atoms with Crippen molar-refractivity contribution >= 4 is 62.3 Å². The Morgan fingerprint density at radius 2 is 1.39 bits per heavy atom. The van der Waals surface area contributed by atoms with Crippen molar-refractivity contribution in [2.45, 2.75) is 15.5 Å². The van der Waals surface area contributed by atoms with Gasteiger partial charge in [-0.1, -0.05) is 71.7 Å². The van der Waals surface area contributed by atoms with E-state index >= 15 is 0 Å². The predicted molar refractivity (Wildman–Crippen MR) is 149 cm³/mol. The van der Waals surface area contributed by atoms with Crippen LogP contribution in [-0.4, -0.2) is 20.9 Å². The van der Waals surface area contributed by atoms with Crippen molar-refractivity contribution in [1.29, 1.82) is 0 Å². The molecule has 0 aromatic heterocycles. The number of nitrogens with one attached hydrogen (secondary N) is 1. The maximum Gasteiger partial charge on any atom is 0.264 e. The molecule has 0 unspecified atom stereocenters. The van der Waals surface area contributed by atoms with Gasteiger partial charge in [-0.2, -0.15) is 0 Å². The molecular weight excluding hydrogens is 535 g/mol. The van der Waals surface area contributed by atoms with Crippen molar-refractivity contribution in [2.75, 3.05) is 16.2 Å². The van der Waals surface area contributed by atoms with Crippen LogP contribution in [0.1, 0.15) is 5.56 Å². The number of carbonyl (C=O) groups is 1. The molecular formula is C27H22Cl2N2O3S2. The van der Waals surface area contributed by atoms with Crippen LogP contribution >= 0.6 is 35.0 Å². The average molecular weight is 558 g/mol. The van der Waals surface area contributed by atoms with E-state index in [0.717, 1.165) is 15.6 Å². The zero-order valence-electron chi connectivity index (χ0n) is 19.0. The summed E-state index contributed by atoms with van der Waals surface area (Å²) in [6.45, 7) is -0.459. The first-order valence-corrected chi connectivity index (χ1v) is 14.1. The van der Waals surface area contributed by atoms with Gasteiger partial charge >= 0.3 is 0 Å². The minimum atomic E-state index is -4.06. The summed E-state index contributed by atoms with van der Waals surface area (Å²) >= 11 is 14.0. The van der Waals surface area contributed by atoms with Gasteiger partial charge in [0.15, 0.2) is 0 Å². The second kappa shape index (κ2) is 11.8. The van der Waals surface area contributed by atoms with E-state index in [0.29, 0.717) is 5.69 Å². The van der Waals surface area contributed by atoms with E-state index in [-0.39, 0.29) is 20.6 Å². The van der Waals surface area contributed by atoms with E-state index in [9.17, 15) is 13.2 Å². The Hall–Kier alpha value is -2.97. The van der Waals surface area contributed by atoms with Crippen LogP contribution in [0.25, 0.3) is 0 Å². The lowest BCUT2D eigenvalue weighted by atomic mass is 10.2. The first-order valence-electron chi connectivity index (χ1n) is 10.9. The standard InChI is InChI=1S/C27H22Cl2N2O3S2/c28-21-15-22(29)17-24(16-21)31(36(33,34)26-9-5-2-6-10-26)18-27(32)30-23-13-11-20(12-14-23)19-35-25-7-3-1-4-8-25/h1-17H,18-19H2,(H,30,32). The van der Waals surface area contributed by atoms with Gasteiger partial charge in [-0.25, -0.2) is 8.42 Å². The van der Waals surface area contributed by atoms with Crippen molar-refractivity contribution in [1.82, 2.24) is 0 Å². The highest BCUT2D eigenvalue weighted by atomic mass is 35.5. The Labute approximate surface area is 225 Å². The molecule has 9 heteroatoms. The first kappa shape index (κ1) is 26.1. The Balaban J connectivity index is 1.50. The Morgan fingerprint density at radius 1 is 0.806 bits per heavy atom. The molecule has 0 atom stereocenters. The molecule has 0 aliphatic carbocycles. The van der Waals surface area contributed by atoms with Crippen molar-refractivity contribution in [3.8, 4) is 0 Å². The number of sulfonamides is 1. The van der Waals surface area contributed by atoms with Gasteiger partial charge in [0, 0.05) is 26.4 Å². The number of rotatable bonds is 9. The fourth-order valence-electron chi connectivity index (χ4n) is 3.42. The molecule has 1 amide bonds. The third-order valence-electron chi connectivity index (χ3n) is 5.14. The van der Waals surface area contributed by atoms with E-state index < -0.39 is 22.5 Å². The number of anilines is 2. The highest BCUT2D eigenvalue weighted by Crippen LogP contribution is 2.30. The topological polar surface area (TPSA) is 66.5 Å². The van der Waals surface area contributed by atoms with Gasteiger partial charge in [0.2, 0.25) is 5.91 Å². The number of carbonyl (C=O) groups excluding carboxylic acids is 1. The fourth-order valence-corrected chi connectivity index (χ4v) is 6.23. The van der Waals surface area contributed by atoms with Crippen molar-refractivity contribution in [3.63, 3.8) is 0 Å². The first-order chi connectivity index (χ1) is 17.3. The molecule has 36 heavy (non-hydrogen) atoms. The molecule has 0 saturated heterocycles. The van der Waals surface area contributed by atoms with Crippen LogP contribution in [0.15, 0.2) is 113 Å². The number of benzene rings is 4. The van der Waals surface area contributed by atoms with E-state index in [2.05, 4.69) is 17.4 Å². The number of thioether (sulfide) groups is 1. The number of hydrogen-bond acceptors (Lipinski definition) is 4. The predicted octanol–water partition coefficient (Wildman–Crippen LogP) is 7.12. The lowest BCUT2D eigenvalue weighted by Gasteiger charge is -2.24. The van der Waals surface area contributed by atoms with Crippen molar-refractivity contribution in [2.24, 2.45) is 0 Å². The summed E-state index contributed by atoms with van der Waals surface area (Å²) in [5, 5.41) is 3.30. The fraction of sp³-hybridized carbons (Fsp3) is 0.0741. The van der Waals surface area contributed by atoms with E-state index in [1.54, 1.807) is 42.1 Å². The summed E-state index contributed by atoms with van der Waals surface area (Å²) in [6.07, 6.45) is 0. The minimum absolute atomic E-state index is 0.0502. The molecule has 0 heterocycles. The summed E-state index contributed by atoms with van der Waals surface area (Å²) in [7, 11) is -4.06. The maximum atomic E-state index is 13.4. The van der Waals surface area contributed by atoms with Crippen LogP contribution in [0.4, 0.5) is 11.4 Å². The zero-order chi connectivity index (χ0) is 25.5. The average Bonchev–Trinajstić information content (AvgIpc) is 2.87. The van der Waals surface area contributed by atoms with Crippen LogP contribution < -0.4 is 9.62 Å². The van der Waals surface area contributed by atoms with Crippen LogP contribution in [-0.2, 0) is 20.6 Å². The van der Waals surface area contributed by atoms with Crippen LogP contribution in [0.3, 0.4) is 0 Å². The lowest BCUT2D eigenvalue weighted by molar-refractivity contribution is -0.114. The molecule has 184 valence electrons. The normalized spacial score (nSPS) is 11.2. The molecule has 0 aliphatic heterocycles. The van der Waals surface area contributed by atoms with Gasteiger partial charge < -0.3 is 5.32 Å². The number of amides is 1. The molecule has 0 fully saturated rings. The molecule has 0 bridgehead atoms. The molecule has 4 rings (SSSR count). The summed E-state index contributed by atoms with van der Waals surface area (Å²) < 4.78 is 27.9. The third kappa shape index (κ3) is 6.83. The Kier molecular flexibility index (Phi) is 8.59. The molecule has 5 nitrogen and oxygen atoms in total. The molecule has 4 aromatic carbocycles.